The van der Waals surface area contributed by atoms with E-state index in [9.17, 15) is 14.4 Å². The minimum Gasteiger partial charge on any atom is -0.480 e. The van der Waals surface area contributed by atoms with Crippen molar-refractivity contribution in [3.63, 3.8) is 0 Å². The third kappa shape index (κ3) is 4.85. The predicted octanol–water partition coefficient (Wildman–Crippen LogP) is 1.21. The number of carbonyl (C=O) groups excluding carboxylic acids is 2. The second-order valence-corrected chi connectivity index (χ2v) is 5.68. The molecule has 1 aliphatic heterocycles. The van der Waals surface area contributed by atoms with Crippen LogP contribution >= 0.6 is 11.6 Å². The normalized spacial score (nSPS) is 16.9. The molecule has 124 valence electrons. The summed E-state index contributed by atoms with van der Waals surface area (Å²) in [7, 11) is 0. The first-order valence-electron chi connectivity index (χ1n) is 7.26. The molecule has 1 heterocycles. The number of carboxylic acids is 1. The molecule has 1 atom stereocenters. The first-order valence-corrected chi connectivity index (χ1v) is 7.63. The number of aliphatic carboxylic acids is 1. The van der Waals surface area contributed by atoms with E-state index < -0.39 is 23.9 Å². The summed E-state index contributed by atoms with van der Waals surface area (Å²) in [6.45, 7) is 0.485. The summed E-state index contributed by atoms with van der Waals surface area (Å²) in [6.07, 6.45) is 1.11. The fourth-order valence-corrected chi connectivity index (χ4v) is 2.55. The Labute approximate surface area is 138 Å². The highest BCUT2D eigenvalue weighted by Crippen LogP contribution is 2.17. The lowest BCUT2D eigenvalue weighted by atomic mass is 10.2. The van der Waals surface area contributed by atoms with Gasteiger partial charge in [0.2, 0.25) is 5.91 Å². The lowest BCUT2D eigenvalue weighted by Gasteiger charge is -2.21. The van der Waals surface area contributed by atoms with E-state index >= 15 is 0 Å². The van der Waals surface area contributed by atoms with Crippen LogP contribution in [-0.4, -0.2) is 47.0 Å². The first-order chi connectivity index (χ1) is 11.0. The van der Waals surface area contributed by atoms with E-state index in [4.69, 9.17) is 16.7 Å². The van der Waals surface area contributed by atoms with E-state index in [0.29, 0.717) is 31.0 Å². The number of benzene rings is 1. The molecule has 2 rings (SSSR count). The van der Waals surface area contributed by atoms with Crippen LogP contribution in [0.15, 0.2) is 24.3 Å². The van der Waals surface area contributed by atoms with Gasteiger partial charge in [-0.05, 0) is 30.5 Å². The average molecular weight is 340 g/mol. The van der Waals surface area contributed by atoms with Gasteiger partial charge in [0.15, 0.2) is 0 Å². The van der Waals surface area contributed by atoms with Crippen LogP contribution in [0.5, 0.6) is 0 Å². The van der Waals surface area contributed by atoms with Crippen LogP contribution in [0.1, 0.15) is 18.4 Å². The molecule has 0 radical (unpaired) electrons. The molecule has 8 heteroatoms. The maximum Gasteiger partial charge on any atom is 0.326 e. The molecule has 7 nitrogen and oxygen atoms in total. The molecule has 0 bridgehead atoms. The van der Waals surface area contributed by atoms with Gasteiger partial charge in [-0.15, -0.1) is 0 Å². The number of hydrogen-bond acceptors (Lipinski definition) is 3. The zero-order valence-corrected chi connectivity index (χ0v) is 13.2. The molecule has 1 aromatic rings. The molecule has 0 saturated carbocycles. The number of nitrogens with one attached hydrogen (secondary N) is 2. The third-order valence-corrected chi connectivity index (χ3v) is 3.88. The highest BCUT2D eigenvalue weighted by Gasteiger charge is 2.33. The zero-order chi connectivity index (χ0) is 16.8. The number of hydrogen-bond donors (Lipinski definition) is 3. The maximum absolute atomic E-state index is 12.0. The zero-order valence-electron chi connectivity index (χ0n) is 12.4. The minimum atomic E-state index is -1.01. The molecule has 0 aliphatic carbocycles. The van der Waals surface area contributed by atoms with Gasteiger partial charge in [0.25, 0.3) is 0 Å². The fourth-order valence-electron chi connectivity index (χ4n) is 2.43. The van der Waals surface area contributed by atoms with E-state index in [1.807, 2.05) is 0 Å². The molecule has 0 spiro atoms. The topological polar surface area (TPSA) is 98.7 Å². The number of carboxylic acid groups (broad SMARTS) is 1. The Balaban J connectivity index is 1.74. The summed E-state index contributed by atoms with van der Waals surface area (Å²) in [5.74, 6) is -1.40. The number of nitrogens with zero attached hydrogens (tertiary/aromatic N) is 1. The highest BCUT2D eigenvalue weighted by atomic mass is 35.5. The van der Waals surface area contributed by atoms with Crippen LogP contribution in [0.3, 0.4) is 0 Å². The second-order valence-electron chi connectivity index (χ2n) is 5.25. The van der Waals surface area contributed by atoms with Crippen LogP contribution in [0, 0.1) is 0 Å². The number of carbonyl (C=O) groups is 3. The molecule has 1 fully saturated rings. The Kier molecular flexibility index (Phi) is 5.81. The molecule has 23 heavy (non-hydrogen) atoms. The van der Waals surface area contributed by atoms with Crippen molar-refractivity contribution >= 4 is 29.5 Å². The average Bonchev–Trinajstić information content (AvgIpc) is 3.02. The fraction of sp³-hybridized carbons (Fsp3) is 0.400. The van der Waals surface area contributed by atoms with Crippen molar-refractivity contribution in [3.05, 3.63) is 34.9 Å². The smallest absolute Gasteiger partial charge is 0.326 e. The Hall–Kier alpha value is -2.28. The molecular weight excluding hydrogens is 322 g/mol. The highest BCUT2D eigenvalue weighted by molar-refractivity contribution is 6.30. The van der Waals surface area contributed by atoms with Gasteiger partial charge in [-0.3, -0.25) is 4.79 Å². The van der Waals surface area contributed by atoms with E-state index in [2.05, 4.69) is 10.6 Å². The maximum atomic E-state index is 12.0. The van der Waals surface area contributed by atoms with Crippen molar-refractivity contribution in [2.75, 3.05) is 13.1 Å². The molecule has 3 amide bonds. The number of likely N-dealkylation sites (tertiary alicyclic amines) is 1. The second kappa shape index (κ2) is 7.82. The standard InChI is InChI=1S/C15H18ClN3O4/c16-11-5-3-10(4-6-11)8-17-15(23)18-9-13(20)19-7-1-2-12(19)14(21)22/h3-6,12H,1-2,7-9H2,(H,21,22)(H2,17,18,23). The van der Waals surface area contributed by atoms with E-state index in [0.717, 1.165) is 5.56 Å². The molecular formula is C15H18ClN3O4. The van der Waals surface area contributed by atoms with Crippen molar-refractivity contribution < 1.29 is 19.5 Å². The van der Waals surface area contributed by atoms with Crippen LogP contribution in [0.2, 0.25) is 5.02 Å². The van der Waals surface area contributed by atoms with Crippen LogP contribution in [-0.2, 0) is 16.1 Å². The lowest BCUT2D eigenvalue weighted by Crippen LogP contribution is -2.47. The largest absolute Gasteiger partial charge is 0.480 e. The molecule has 1 aromatic carbocycles. The van der Waals surface area contributed by atoms with Gasteiger partial charge in [-0.25, -0.2) is 9.59 Å². The van der Waals surface area contributed by atoms with Gasteiger partial charge in [0.05, 0.1) is 6.54 Å². The lowest BCUT2D eigenvalue weighted by molar-refractivity contribution is -0.147. The summed E-state index contributed by atoms with van der Waals surface area (Å²) in [5.41, 5.74) is 0.876. The Bertz CT molecular complexity index is 591. The van der Waals surface area contributed by atoms with Gasteiger partial charge in [-0.2, -0.15) is 0 Å². The Morgan fingerprint density at radius 1 is 1.22 bits per heavy atom. The summed E-state index contributed by atoms with van der Waals surface area (Å²) in [4.78, 5) is 36.0. The summed E-state index contributed by atoms with van der Waals surface area (Å²) in [5, 5.41) is 14.7. The monoisotopic (exact) mass is 339 g/mol. The van der Waals surface area contributed by atoms with E-state index in [-0.39, 0.29) is 6.54 Å². The van der Waals surface area contributed by atoms with Gasteiger partial charge < -0.3 is 20.6 Å². The first kappa shape index (κ1) is 17.1. The van der Waals surface area contributed by atoms with Crippen LogP contribution < -0.4 is 10.6 Å². The van der Waals surface area contributed by atoms with Crippen molar-refractivity contribution in [2.24, 2.45) is 0 Å². The Morgan fingerprint density at radius 3 is 2.57 bits per heavy atom. The number of urea groups is 1. The number of halogens is 1. The van der Waals surface area contributed by atoms with Crippen LogP contribution in [0.25, 0.3) is 0 Å². The van der Waals surface area contributed by atoms with Crippen molar-refractivity contribution in [2.45, 2.75) is 25.4 Å². The molecule has 1 saturated heterocycles. The van der Waals surface area contributed by atoms with Gasteiger partial charge in [0.1, 0.15) is 6.04 Å². The van der Waals surface area contributed by atoms with Gasteiger partial charge in [0, 0.05) is 18.1 Å². The summed E-state index contributed by atoms with van der Waals surface area (Å²) < 4.78 is 0. The summed E-state index contributed by atoms with van der Waals surface area (Å²) in [6, 6.07) is 5.74. The molecule has 0 aromatic heterocycles. The van der Waals surface area contributed by atoms with Gasteiger partial charge in [-0.1, -0.05) is 23.7 Å². The van der Waals surface area contributed by atoms with Gasteiger partial charge >= 0.3 is 12.0 Å². The molecule has 3 N–H and O–H groups in total. The Morgan fingerprint density at radius 2 is 1.91 bits per heavy atom. The van der Waals surface area contributed by atoms with Crippen LogP contribution in [0.4, 0.5) is 4.79 Å². The van der Waals surface area contributed by atoms with E-state index in [1.54, 1.807) is 24.3 Å². The summed E-state index contributed by atoms with van der Waals surface area (Å²) >= 11 is 5.77. The third-order valence-electron chi connectivity index (χ3n) is 3.62. The SMILES string of the molecule is O=C(NCC(=O)N1CCCC1C(=O)O)NCc1ccc(Cl)cc1. The molecule has 1 aliphatic rings. The van der Waals surface area contributed by atoms with E-state index in [1.165, 1.54) is 4.90 Å². The molecule has 1 unspecified atom stereocenters. The number of amides is 3. The predicted molar refractivity (Wildman–Crippen MR) is 84.1 cm³/mol. The van der Waals surface area contributed by atoms with Crippen molar-refractivity contribution in [3.8, 4) is 0 Å². The number of rotatable bonds is 5. The van der Waals surface area contributed by atoms with Crippen molar-refractivity contribution in [1.82, 2.24) is 15.5 Å². The quantitative estimate of drug-likeness (QED) is 0.751. The minimum absolute atomic E-state index is 0.226. The van der Waals surface area contributed by atoms with Crippen molar-refractivity contribution in [1.29, 1.82) is 0 Å².